The Morgan fingerprint density at radius 3 is 1.97 bits per heavy atom. The molecular weight excluding hydrogens is 418 g/mol. The van der Waals surface area contributed by atoms with Gasteiger partial charge in [0, 0.05) is 6.61 Å². The maximum absolute atomic E-state index is 9.84. The van der Waals surface area contributed by atoms with Gasteiger partial charge in [-0.05, 0) is 76.5 Å². The standard InChI is InChI=1S/C31H57NO2/c1-4-6-8-10-11-12-13-15-23-33-30-20-17-27(18-21-30)28-19-22-31(29(24-28)25-32)34-26(3)16-14-9-7-5-2/h26-31H,4-24H2,1-3H3. The van der Waals surface area contributed by atoms with E-state index in [9.17, 15) is 5.26 Å². The van der Waals surface area contributed by atoms with E-state index in [1.807, 2.05) is 0 Å². The van der Waals surface area contributed by atoms with Gasteiger partial charge in [0.2, 0.25) is 0 Å². The fourth-order valence-corrected chi connectivity index (χ4v) is 6.34. The molecule has 0 heterocycles. The van der Waals surface area contributed by atoms with Gasteiger partial charge in [-0.2, -0.15) is 5.26 Å². The van der Waals surface area contributed by atoms with Crippen molar-refractivity contribution in [2.45, 2.75) is 167 Å². The highest BCUT2D eigenvalue weighted by Gasteiger charge is 2.37. The minimum absolute atomic E-state index is 0.0905. The smallest absolute Gasteiger partial charge is 0.0737 e. The first-order valence-electron chi connectivity index (χ1n) is 15.3. The molecule has 0 spiro atoms. The van der Waals surface area contributed by atoms with Crippen molar-refractivity contribution in [2.24, 2.45) is 17.8 Å². The zero-order valence-corrected chi connectivity index (χ0v) is 23.1. The van der Waals surface area contributed by atoms with E-state index in [0.29, 0.717) is 12.2 Å². The van der Waals surface area contributed by atoms with Crippen molar-refractivity contribution in [2.75, 3.05) is 6.61 Å². The summed E-state index contributed by atoms with van der Waals surface area (Å²) in [4.78, 5) is 0. The number of rotatable bonds is 18. The highest BCUT2D eigenvalue weighted by atomic mass is 16.5. The molecule has 34 heavy (non-hydrogen) atoms. The number of nitriles is 1. The number of ether oxygens (including phenoxy) is 2. The SMILES string of the molecule is CCCCCCCCCCOC1CCC(C2CCC(OC(C)CCCCCC)C(C#N)C2)CC1. The Morgan fingerprint density at radius 1 is 0.735 bits per heavy atom. The Kier molecular flexibility index (Phi) is 16.3. The molecule has 2 aliphatic rings. The van der Waals surface area contributed by atoms with Gasteiger partial charge in [-0.25, -0.2) is 0 Å². The lowest BCUT2D eigenvalue weighted by molar-refractivity contribution is -0.0603. The van der Waals surface area contributed by atoms with Crippen LogP contribution in [0.2, 0.25) is 0 Å². The fraction of sp³-hybridized carbons (Fsp3) is 0.968. The summed E-state index contributed by atoms with van der Waals surface area (Å²) in [6.45, 7) is 7.71. The average molecular weight is 476 g/mol. The fourth-order valence-electron chi connectivity index (χ4n) is 6.34. The van der Waals surface area contributed by atoms with E-state index < -0.39 is 0 Å². The molecule has 0 aromatic heterocycles. The van der Waals surface area contributed by atoms with Crippen LogP contribution in [-0.2, 0) is 9.47 Å². The second-order valence-electron chi connectivity index (χ2n) is 11.5. The lowest BCUT2D eigenvalue weighted by atomic mass is 9.69. The number of hydrogen-bond acceptors (Lipinski definition) is 3. The van der Waals surface area contributed by atoms with Gasteiger partial charge in [0.05, 0.1) is 30.3 Å². The van der Waals surface area contributed by atoms with Crippen LogP contribution in [0.25, 0.3) is 0 Å². The summed E-state index contributed by atoms with van der Waals surface area (Å²) >= 11 is 0. The second kappa shape index (κ2) is 18.6. The summed E-state index contributed by atoms with van der Waals surface area (Å²) in [6, 6.07) is 2.62. The molecule has 0 aromatic carbocycles. The van der Waals surface area contributed by atoms with Crippen LogP contribution in [0.4, 0.5) is 0 Å². The van der Waals surface area contributed by atoms with Gasteiger partial charge in [-0.3, -0.25) is 0 Å². The van der Waals surface area contributed by atoms with Crippen molar-refractivity contribution in [3.63, 3.8) is 0 Å². The minimum Gasteiger partial charge on any atom is -0.378 e. The molecule has 0 saturated heterocycles. The first-order valence-corrected chi connectivity index (χ1v) is 15.3. The molecule has 4 atom stereocenters. The maximum atomic E-state index is 9.84. The van der Waals surface area contributed by atoms with Crippen LogP contribution in [0.15, 0.2) is 0 Å². The first-order chi connectivity index (χ1) is 16.7. The minimum atomic E-state index is 0.0905. The molecule has 0 aliphatic heterocycles. The molecule has 2 rings (SSSR count). The number of unbranched alkanes of at least 4 members (excludes halogenated alkanes) is 10. The zero-order chi connectivity index (χ0) is 24.4. The molecule has 2 aliphatic carbocycles. The van der Waals surface area contributed by atoms with Crippen LogP contribution in [0.5, 0.6) is 0 Å². The lowest BCUT2D eigenvalue weighted by Gasteiger charge is -2.40. The van der Waals surface area contributed by atoms with Crippen molar-refractivity contribution >= 4 is 0 Å². The molecule has 0 aromatic rings. The van der Waals surface area contributed by atoms with Gasteiger partial charge in [-0.15, -0.1) is 0 Å². The molecule has 0 radical (unpaired) electrons. The Bertz CT molecular complexity index is 522. The van der Waals surface area contributed by atoms with Crippen LogP contribution in [0.3, 0.4) is 0 Å². The topological polar surface area (TPSA) is 42.2 Å². The van der Waals surface area contributed by atoms with E-state index in [0.717, 1.165) is 37.7 Å². The quantitative estimate of drug-likeness (QED) is 0.185. The summed E-state index contributed by atoms with van der Waals surface area (Å²) in [5.74, 6) is 1.61. The molecule has 3 nitrogen and oxygen atoms in total. The molecule has 0 N–H and O–H groups in total. The van der Waals surface area contributed by atoms with Crippen molar-refractivity contribution in [3.05, 3.63) is 0 Å². The third-order valence-electron chi connectivity index (χ3n) is 8.60. The predicted molar refractivity (Wildman–Crippen MR) is 144 cm³/mol. The van der Waals surface area contributed by atoms with Crippen molar-refractivity contribution < 1.29 is 9.47 Å². The van der Waals surface area contributed by atoms with Gasteiger partial charge in [0.1, 0.15) is 0 Å². The summed E-state index contributed by atoms with van der Waals surface area (Å²) in [5, 5.41) is 9.84. The lowest BCUT2D eigenvalue weighted by Crippen LogP contribution is -2.37. The monoisotopic (exact) mass is 475 g/mol. The van der Waals surface area contributed by atoms with E-state index in [1.54, 1.807) is 0 Å². The Hall–Kier alpha value is -0.590. The van der Waals surface area contributed by atoms with Crippen LogP contribution in [-0.4, -0.2) is 24.9 Å². The summed E-state index contributed by atoms with van der Waals surface area (Å²) < 4.78 is 12.6. The van der Waals surface area contributed by atoms with Gasteiger partial charge >= 0.3 is 0 Å². The number of hydrogen-bond donors (Lipinski definition) is 0. The van der Waals surface area contributed by atoms with Crippen molar-refractivity contribution in [1.82, 2.24) is 0 Å². The maximum Gasteiger partial charge on any atom is 0.0737 e. The Labute approximate surface area is 212 Å². The Balaban J connectivity index is 1.56. The highest BCUT2D eigenvalue weighted by Crippen LogP contribution is 2.42. The number of nitrogens with zero attached hydrogens (tertiary/aromatic N) is 1. The summed E-state index contributed by atoms with van der Waals surface area (Å²) in [5.41, 5.74) is 0. The summed E-state index contributed by atoms with van der Waals surface area (Å²) in [7, 11) is 0. The highest BCUT2D eigenvalue weighted by molar-refractivity contribution is 4.96. The molecule has 2 fully saturated rings. The Morgan fingerprint density at radius 2 is 1.32 bits per heavy atom. The molecule has 3 heteroatoms. The second-order valence-corrected chi connectivity index (χ2v) is 11.5. The predicted octanol–water partition coefficient (Wildman–Crippen LogP) is 9.39. The van der Waals surface area contributed by atoms with E-state index in [1.165, 1.54) is 109 Å². The van der Waals surface area contributed by atoms with Gasteiger partial charge in [0.25, 0.3) is 0 Å². The van der Waals surface area contributed by atoms with E-state index >= 15 is 0 Å². The largest absolute Gasteiger partial charge is 0.378 e. The molecular formula is C31H57NO2. The van der Waals surface area contributed by atoms with E-state index in [2.05, 4.69) is 26.8 Å². The zero-order valence-electron chi connectivity index (χ0n) is 23.1. The normalized spacial score (nSPS) is 28.5. The van der Waals surface area contributed by atoms with Crippen molar-refractivity contribution in [3.8, 4) is 6.07 Å². The van der Waals surface area contributed by atoms with Crippen LogP contribution in [0, 0.1) is 29.1 Å². The first kappa shape index (κ1) is 29.6. The molecule has 0 amide bonds. The van der Waals surface area contributed by atoms with Crippen LogP contribution in [0.1, 0.15) is 149 Å². The van der Waals surface area contributed by atoms with Crippen molar-refractivity contribution in [1.29, 1.82) is 5.26 Å². The summed E-state index contributed by atoms with van der Waals surface area (Å²) in [6.07, 6.45) is 26.6. The van der Waals surface area contributed by atoms with Crippen LogP contribution >= 0.6 is 0 Å². The van der Waals surface area contributed by atoms with E-state index in [-0.39, 0.29) is 12.0 Å². The van der Waals surface area contributed by atoms with Crippen LogP contribution < -0.4 is 0 Å². The third kappa shape index (κ3) is 11.9. The van der Waals surface area contributed by atoms with Gasteiger partial charge < -0.3 is 9.47 Å². The molecule has 4 unspecified atom stereocenters. The molecule has 0 bridgehead atoms. The van der Waals surface area contributed by atoms with Gasteiger partial charge in [0.15, 0.2) is 0 Å². The average Bonchev–Trinajstić information content (AvgIpc) is 2.86. The molecule has 2 saturated carbocycles. The van der Waals surface area contributed by atoms with E-state index in [4.69, 9.17) is 9.47 Å². The third-order valence-corrected chi connectivity index (χ3v) is 8.60. The molecule has 198 valence electrons. The van der Waals surface area contributed by atoms with Gasteiger partial charge in [-0.1, -0.05) is 84.5 Å².